The van der Waals surface area contributed by atoms with E-state index in [1.165, 1.54) is 53.5 Å². The zero-order chi connectivity index (χ0) is 39.1. The third-order valence-electron chi connectivity index (χ3n) is 12.1. The number of rotatable bonds is 14. The maximum Gasteiger partial charge on any atom is 0.197 e. The monoisotopic (exact) mass is 729 g/mol. The van der Waals surface area contributed by atoms with Gasteiger partial charge < -0.3 is 18.9 Å². The van der Waals surface area contributed by atoms with Gasteiger partial charge in [0.2, 0.25) is 0 Å². The van der Waals surface area contributed by atoms with Crippen molar-refractivity contribution in [3.05, 3.63) is 76.9 Å². The highest BCUT2D eigenvalue weighted by Gasteiger charge is 2.41. The van der Waals surface area contributed by atoms with E-state index in [1.807, 2.05) is 6.92 Å². The van der Waals surface area contributed by atoms with Gasteiger partial charge in [0, 0.05) is 0 Å². The third kappa shape index (κ3) is 13.0. The minimum atomic E-state index is -0.267. The van der Waals surface area contributed by atoms with Crippen molar-refractivity contribution in [2.45, 2.75) is 185 Å². The van der Waals surface area contributed by atoms with Gasteiger partial charge in [-0.15, -0.1) is 0 Å². The topological polar surface area (TPSA) is 36.9 Å². The van der Waals surface area contributed by atoms with Crippen molar-refractivity contribution in [3.63, 3.8) is 0 Å². The summed E-state index contributed by atoms with van der Waals surface area (Å²) in [7, 11) is 0. The molecule has 2 aliphatic carbocycles. The Kier molecular flexibility index (Phi) is 15.0. The molecule has 4 rings (SSSR count). The van der Waals surface area contributed by atoms with Crippen molar-refractivity contribution < 1.29 is 18.9 Å². The standard InChI is InChI=1S/C49H76O4/c1-33(2)31-45(34(3)4)37-15-23-41(24-16-37)50-35(5)52-43-27-19-39(20-28-43)49(13,14)40-21-29-44(30-22-40)53-36(6)51-42-25-17-38(18-26-42)46(48(10,11)12)32-47(7,8)9/h15-18,23-26,31,35-36,39-40,43-44,46H,19-22,27-30,32H2,1-14H3. The summed E-state index contributed by atoms with van der Waals surface area (Å²) < 4.78 is 25.4. The molecule has 3 atom stereocenters. The lowest BCUT2D eigenvalue weighted by Crippen LogP contribution is -2.40. The smallest absolute Gasteiger partial charge is 0.197 e. The SMILES string of the molecule is CC(C)=CC(=C(C)C)c1ccc(OC(C)OC2CCC(C(C)(C)C3CCC(OC(C)Oc4ccc(C(CC(C)(C)C)C(C)(C)C)cc4)CC3)CC2)cc1. The quantitative estimate of drug-likeness (QED) is 0.143. The van der Waals surface area contributed by atoms with E-state index in [2.05, 4.69) is 145 Å². The lowest BCUT2D eigenvalue weighted by Gasteiger charge is -2.47. The Morgan fingerprint density at radius 2 is 1.04 bits per heavy atom. The summed E-state index contributed by atoms with van der Waals surface area (Å²) in [4.78, 5) is 0. The highest BCUT2D eigenvalue weighted by Crippen LogP contribution is 2.49. The molecule has 4 heteroatoms. The van der Waals surface area contributed by atoms with Crippen LogP contribution in [-0.2, 0) is 9.47 Å². The van der Waals surface area contributed by atoms with E-state index in [-0.39, 0.29) is 35.6 Å². The molecule has 2 aromatic rings. The van der Waals surface area contributed by atoms with Crippen LogP contribution in [-0.4, -0.2) is 24.8 Å². The molecule has 2 aliphatic rings. The molecule has 2 fully saturated rings. The van der Waals surface area contributed by atoms with Gasteiger partial charge in [-0.05, 0) is 174 Å². The van der Waals surface area contributed by atoms with Crippen LogP contribution < -0.4 is 9.47 Å². The number of hydrogen-bond donors (Lipinski definition) is 0. The molecular formula is C49H76O4. The van der Waals surface area contributed by atoms with Gasteiger partial charge in [0.1, 0.15) is 11.5 Å². The first kappa shape index (κ1) is 43.2. The summed E-state index contributed by atoms with van der Waals surface area (Å²) in [5, 5.41) is 0. The van der Waals surface area contributed by atoms with Gasteiger partial charge in [-0.1, -0.05) is 96.9 Å². The molecule has 4 nitrogen and oxygen atoms in total. The first-order valence-corrected chi connectivity index (χ1v) is 20.9. The van der Waals surface area contributed by atoms with Crippen LogP contribution in [0, 0.1) is 28.1 Å². The largest absolute Gasteiger partial charge is 0.465 e. The Hall–Kier alpha value is -2.56. The molecule has 2 aromatic carbocycles. The van der Waals surface area contributed by atoms with Crippen LogP contribution in [0.1, 0.15) is 172 Å². The fraction of sp³-hybridized carbons (Fsp3) is 0.673. The van der Waals surface area contributed by atoms with Gasteiger partial charge in [-0.3, -0.25) is 0 Å². The fourth-order valence-electron chi connectivity index (χ4n) is 9.03. The molecule has 0 N–H and O–H groups in total. The maximum atomic E-state index is 6.48. The molecular weight excluding hydrogens is 653 g/mol. The zero-order valence-electron chi connectivity index (χ0n) is 36.2. The molecule has 0 heterocycles. The minimum absolute atomic E-state index is 0.206. The average molecular weight is 729 g/mol. The van der Waals surface area contributed by atoms with E-state index in [4.69, 9.17) is 18.9 Å². The predicted molar refractivity (Wildman–Crippen MR) is 224 cm³/mol. The molecule has 0 aromatic heterocycles. The number of ether oxygens (including phenoxy) is 4. The van der Waals surface area contributed by atoms with Crippen LogP contribution >= 0.6 is 0 Å². The zero-order valence-corrected chi connectivity index (χ0v) is 36.2. The second kappa shape index (κ2) is 18.4. The van der Waals surface area contributed by atoms with Gasteiger partial charge in [-0.25, -0.2) is 0 Å². The predicted octanol–water partition coefficient (Wildman–Crippen LogP) is 14.3. The average Bonchev–Trinajstić information content (AvgIpc) is 3.06. The van der Waals surface area contributed by atoms with E-state index >= 15 is 0 Å². The van der Waals surface area contributed by atoms with E-state index in [0.29, 0.717) is 11.3 Å². The molecule has 0 saturated heterocycles. The van der Waals surface area contributed by atoms with Crippen molar-refractivity contribution in [3.8, 4) is 11.5 Å². The molecule has 2 saturated carbocycles. The maximum absolute atomic E-state index is 6.48. The molecule has 0 bridgehead atoms. The Morgan fingerprint density at radius 3 is 1.40 bits per heavy atom. The molecule has 296 valence electrons. The molecule has 0 spiro atoms. The molecule has 53 heavy (non-hydrogen) atoms. The van der Waals surface area contributed by atoms with E-state index in [9.17, 15) is 0 Å². The Labute approximate surface area is 325 Å². The van der Waals surface area contributed by atoms with Crippen LogP contribution in [0.3, 0.4) is 0 Å². The summed E-state index contributed by atoms with van der Waals surface area (Å²) in [5.41, 5.74) is 7.31. The van der Waals surface area contributed by atoms with Crippen molar-refractivity contribution in [2.75, 3.05) is 0 Å². The van der Waals surface area contributed by atoms with Crippen LogP contribution in [0.4, 0.5) is 0 Å². The van der Waals surface area contributed by atoms with Crippen LogP contribution in [0.25, 0.3) is 5.57 Å². The van der Waals surface area contributed by atoms with Gasteiger partial charge >= 0.3 is 0 Å². The Bertz CT molecular complexity index is 1460. The van der Waals surface area contributed by atoms with E-state index in [0.717, 1.165) is 55.4 Å². The summed E-state index contributed by atoms with van der Waals surface area (Å²) in [5.74, 6) is 3.71. The number of hydrogen-bond acceptors (Lipinski definition) is 4. The highest BCUT2D eigenvalue weighted by atomic mass is 16.7. The second-order valence-corrected chi connectivity index (χ2v) is 19.8. The number of benzene rings is 2. The normalized spacial score (nSPS) is 23.1. The van der Waals surface area contributed by atoms with Crippen molar-refractivity contribution in [1.82, 2.24) is 0 Å². The first-order valence-electron chi connectivity index (χ1n) is 20.9. The number of allylic oxidation sites excluding steroid dienone is 4. The Morgan fingerprint density at radius 1 is 0.623 bits per heavy atom. The highest BCUT2D eigenvalue weighted by molar-refractivity contribution is 5.76. The van der Waals surface area contributed by atoms with Crippen molar-refractivity contribution in [2.24, 2.45) is 28.1 Å². The van der Waals surface area contributed by atoms with Crippen LogP contribution in [0.5, 0.6) is 11.5 Å². The summed E-state index contributed by atoms with van der Waals surface area (Å²) in [6.07, 6.45) is 12.7. The van der Waals surface area contributed by atoms with Crippen LogP contribution in [0.15, 0.2) is 65.8 Å². The second-order valence-electron chi connectivity index (χ2n) is 19.8. The van der Waals surface area contributed by atoms with E-state index < -0.39 is 0 Å². The van der Waals surface area contributed by atoms with Gasteiger partial charge in [0.25, 0.3) is 0 Å². The van der Waals surface area contributed by atoms with Gasteiger partial charge in [0.15, 0.2) is 12.6 Å². The molecule has 0 amide bonds. The third-order valence-corrected chi connectivity index (χ3v) is 12.1. The summed E-state index contributed by atoms with van der Waals surface area (Å²) >= 11 is 0. The lowest BCUT2D eigenvalue weighted by atomic mass is 9.60. The van der Waals surface area contributed by atoms with Crippen molar-refractivity contribution >= 4 is 5.57 Å². The lowest BCUT2D eigenvalue weighted by molar-refractivity contribution is -0.132. The molecule has 0 radical (unpaired) electrons. The first-order chi connectivity index (χ1) is 24.7. The van der Waals surface area contributed by atoms with Crippen molar-refractivity contribution in [1.29, 1.82) is 0 Å². The molecule has 0 aliphatic heterocycles. The fourth-order valence-corrected chi connectivity index (χ4v) is 9.03. The van der Waals surface area contributed by atoms with Crippen LogP contribution in [0.2, 0.25) is 0 Å². The van der Waals surface area contributed by atoms with E-state index in [1.54, 1.807) is 0 Å². The van der Waals surface area contributed by atoms with Gasteiger partial charge in [-0.2, -0.15) is 0 Å². The minimum Gasteiger partial charge on any atom is -0.465 e. The summed E-state index contributed by atoms with van der Waals surface area (Å²) in [6.45, 7) is 31.8. The van der Waals surface area contributed by atoms with Gasteiger partial charge in [0.05, 0.1) is 12.2 Å². The summed E-state index contributed by atoms with van der Waals surface area (Å²) in [6, 6.07) is 17.2. The Balaban J connectivity index is 1.19. The molecule has 3 unspecified atom stereocenters.